The molecular formula is C10H11N5O2S. The Kier molecular flexibility index (Phi) is 3.38. The van der Waals surface area contributed by atoms with Gasteiger partial charge in [-0.05, 0) is 18.4 Å². The van der Waals surface area contributed by atoms with Gasteiger partial charge in [0.15, 0.2) is 0 Å². The Bertz CT molecular complexity index is 570. The van der Waals surface area contributed by atoms with Crippen molar-refractivity contribution >= 4 is 34.5 Å². The number of nitro groups is 1. The number of anilines is 3. The van der Waals surface area contributed by atoms with Crippen LogP contribution in [0.5, 0.6) is 0 Å². The van der Waals surface area contributed by atoms with Gasteiger partial charge in [0.25, 0.3) is 0 Å². The Morgan fingerprint density at radius 3 is 2.78 bits per heavy atom. The van der Waals surface area contributed by atoms with Crippen LogP contribution in [-0.2, 0) is 0 Å². The summed E-state index contributed by atoms with van der Waals surface area (Å²) in [6.07, 6.45) is 0. The maximum Gasteiger partial charge on any atom is 0.332 e. The van der Waals surface area contributed by atoms with Gasteiger partial charge in [0.05, 0.1) is 10.6 Å². The Morgan fingerprint density at radius 1 is 1.44 bits per heavy atom. The Labute approximate surface area is 107 Å². The van der Waals surface area contributed by atoms with Crippen molar-refractivity contribution in [2.45, 2.75) is 6.92 Å². The van der Waals surface area contributed by atoms with E-state index in [4.69, 9.17) is 0 Å². The lowest BCUT2D eigenvalue weighted by Gasteiger charge is -2.08. The van der Waals surface area contributed by atoms with Crippen LogP contribution in [0.2, 0.25) is 0 Å². The highest BCUT2D eigenvalue weighted by molar-refractivity contribution is 7.08. The molecule has 0 spiro atoms. The topological polar surface area (TPSA) is 93.0 Å². The maximum absolute atomic E-state index is 11.0. The van der Waals surface area contributed by atoms with E-state index in [1.54, 1.807) is 14.0 Å². The second kappa shape index (κ2) is 4.96. The monoisotopic (exact) mass is 265 g/mol. The molecule has 0 aliphatic rings. The van der Waals surface area contributed by atoms with Crippen LogP contribution in [-0.4, -0.2) is 21.9 Å². The highest BCUT2D eigenvalue weighted by atomic mass is 32.1. The number of nitrogens with zero attached hydrogens (tertiary/aromatic N) is 3. The molecular weight excluding hydrogens is 254 g/mol. The Morgan fingerprint density at radius 2 is 2.22 bits per heavy atom. The zero-order chi connectivity index (χ0) is 13.1. The first-order valence-electron chi connectivity index (χ1n) is 5.12. The number of aryl methyl sites for hydroxylation is 1. The minimum absolute atomic E-state index is 0.111. The molecule has 0 aliphatic heterocycles. The minimum atomic E-state index is -0.483. The standard InChI is InChI=1S/C10H11N5O2S/c1-6-8(15(16)17)9(14-10(11-2)12-6)13-7-3-4-18-5-7/h3-5H,1-2H3,(H2,11,12,13,14). The third-order valence-electron chi connectivity index (χ3n) is 2.25. The predicted molar refractivity (Wildman–Crippen MR) is 70.6 cm³/mol. The van der Waals surface area contributed by atoms with Gasteiger partial charge in [-0.15, -0.1) is 0 Å². The van der Waals surface area contributed by atoms with Crippen LogP contribution in [0.1, 0.15) is 5.69 Å². The summed E-state index contributed by atoms with van der Waals surface area (Å²) in [6.45, 7) is 1.58. The summed E-state index contributed by atoms with van der Waals surface area (Å²) in [5.41, 5.74) is 0.973. The fourth-order valence-electron chi connectivity index (χ4n) is 1.46. The number of hydrogen-bond donors (Lipinski definition) is 2. The van der Waals surface area contributed by atoms with Crippen molar-refractivity contribution in [2.24, 2.45) is 0 Å². The van der Waals surface area contributed by atoms with Crippen LogP contribution in [0, 0.1) is 17.0 Å². The molecule has 0 fully saturated rings. The van der Waals surface area contributed by atoms with Gasteiger partial charge in [0.1, 0.15) is 5.69 Å². The molecule has 2 aromatic rings. The van der Waals surface area contributed by atoms with E-state index >= 15 is 0 Å². The smallest absolute Gasteiger partial charge is 0.332 e. The molecule has 7 nitrogen and oxygen atoms in total. The Hall–Kier alpha value is -2.22. The van der Waals surface area contributed by atoms with Crippen molar-refractivity contribution in [3.8, 4) is 0 Å². The molecule has 0 bridgehead atoms. The number of thiophene rings is 1. The van der Waals surface area contributed by atoms with Gasteiger partial charge in [-0.1, -0.05) is 0 Å². The van der Waals surface area contributed by atoms with Crippen molar-refractivity contribution in [1.29, 1.82) is 0 Å². The van der Waals surface area contributed by atoms with E-state index in [9.17, 15) is 10.1 Å². The molecule has 2 rings (SSSR count). The molecule has 2 heterocycles. The zero-order valence-corrected chi connectivity index (χ0v) is 10.6. The van der Waals surface area contributed by atoms with Crippen molar-refractivity contribution in [2.75, 3.05) is 17.7 Å². The lowest BCUT2D eigenvalue weighted by Crippen LogP contribution is -2.06. The fourth-order valence-corrected chi connectivity index (χ4v) is 2.04. The summed E-state index contributed by atoms with van der Waals surface area (Å²) in [6, 6.07) is 1.82. The summed E-state index contributed by atoms with van der Waals surface area (Å²) in [4.78, 5) is 18.6. The maximum atomic E-state index is 11.0. The molecule has 0 saturated carbocycles. The van der Waals surface area contributed by atoms with Crippen LogP contribution in [0.25, 0.3) is 0 Å². The van der Waals surface area contributed by atoms with Crippen LogP contribution in [0.4, 0.5) is 23.1 Å². The number of rotatable bonds is 4. The number of hydrogen-bond acceptors (Lipinski definition) is 7. The molecule has 0 radical (unpaired) electrons. The predicted octanol–water partition coefficient (Wildman–Crippen LogP) is 2.54. The van der Waals surface area contributed by atoms with Gasteiger partial charge in [-0.25, -0.2) is 4.98 Å². The van der Waals surface area contributed by atoms with Crippen LogP contribution < -0.4 is 10.6 Å². The molecule has 0 atom stereocenters. The van der Waals surface area contributed by atoms with Crippen molar-refractivity contribution in [3.63, 3.8) is 0 Å². The largest absolute Gasteiger partial charge is 0.357 e. The van der Waals surface area contributed by atoms with Gasteiger partial charge in [0.2, 0.25) is 11.8 Å². The molecule has 18 heavy (non-hydrogen) atoms. The molecule has 2 N–H and O–H groups in total. The summed E-state index contributed by atoms with van der Waals surface area (Å²) >= 11 is 1.50. The van der Waals surface area contributed by atoms with E-state index in [1.807, 2.05) is 16.8 Å². The third kappa shape index (κ3) is 2.38. The zero-order valence-electron chi connectivity index (χ0n) is 9.80. The van der Waals surface area contributed by atoms with Gasteiger partial charge < -0.3 is 10.6 Å². The van der Waals surface area contributed by atoms with Gasteiger partial charge in [0, 0.05) is 12.4 Å². The third-order valence-corrected chi connectivity index (χ3v) is 2.93. The molecule has 0 amide bonds. The van der Waals surface area contributed by atoms with E-state index in [0.717, 1.165) is 5.69 Å². The molecule has 0 saturated heterocycles. The van der Waals surface area contributed by atoms with Crippen LogP contribution >= 0.6 is 11.3 Å². The first kappa shape index (κ1) is 12.2. The average Bonchev–Trinajstić information content (AvgIpc) is 2.80. The second-order valence-corrected chi connectivity index (χ2v) is 4.25. The van der Waals surface area contributed by atoms with E-state index in [-0.39, 0.29) is 11.5 Å². The van der Waals surface area contributed by atoms with E-state index in [0.29, 0.717) is 11.6 Å². The van der Waals surface area contributed by atoms with Crippen LogP contribution in [0.15, 0.2) is 16.8 Å². The molecule has 94 valence electrons. The highest BCUT2D eigenvalue weighted by Crippen LogP contribution is 2.29. The van der Waals surface area contributed by atoms with Crippen molar-refractivity contribution in [1.82, 2.24) is 9.97 Å². The Balaban J connectivity index is 2.48. The molecule has 2 aromatic heterocycles. The molecule has 0 aliphatic carbocycles. The van der Waals surface area contributed by atoms with Gasteiger partial charge in [-0.3, -0.25) is 10.1 Å². The summed E-state index contributed by atoms with van der Waals surface area (Å²) in [5.74, 6) is 0.533. The normalized spacial score (nSPS) is 10.1. The molecule has 0 aromatic carbocycles. The minimum Gasteiger partial charge on any atom is -0.357 e. The molecule has 8 heteroatoms. The summed E-state index contributed by atoms with van der Waals surface area (Å²) in [7, 11) is 1.66. The fraction of sp³-hybridized carbons (Fsp3) is 0.200. The van der Waals surface area contributed by atoms with E-state index in [1.165, 1.54) is 11.3 Å². The first-order chi connectivity index (χ1) is 8.61. The van der Waals surface area contributed by atoms with Gasteiger partial charge in [-0.2, -0.15) is 16.3 Å². The number of aromatic nitrogens is 2. The van der Waals surface area contributed by atoms with Crippen molar-refractivity contribution in [3.05, 3.63) is 32.6 Å². The van der Waals surface area contributed by atoms with Crippen LogP contribution in [0.3, 0.4) is 0 Å². The first-order valence-corrected chi connectivity index (χ1v) is 6.06. The molecule has 0 unspecified atom stereocenters. The number of nitrogens with one attached hydrogen (secondary N) is 2. The summed E-state index contributed by atoms with van der Waals surface area (Å²) in [5, 5.41) is 20.5. The lowest BCUT2D eigenvalue weighted by molar-refractivity contribution is -0.385. The van der Waals surface area contributed by atoms with E-state index < -0.39 is 4.92 Å². The highest BCUT2D eigenvalue weighted by Gasteiger charge is 2.22. The second-order valence-electron chi connectivity index (χ2n) is 3.47. The lowest BCUT2D eigenvalue weighted by atomic mass is 10.3. The average molecular weight is 265 g/mol. The van der Waals surface area contributed by atoms with Crippen molar-refractivity contribution < 1.29 is 4.92 Å². The SMILES string of the molecule is CNc1nc(C)c([N+](=O)[O-])c(Nc2ccsc2)n1. The van der Waals surface area contributed by atoms with Gasteiger partial charge >= 0.3 is 5.69 Å². The quantitative estimate of drug-likeness (QED) is 0.651. The summed E-state index contributed by atoms with van der Waals surface area (Å²) < 4.78 is 0. The van der Waals surface area contributed by atoms with E-state index in [2.05, 4.69) is 20.6 Å².